The van der Waals surface area contributed by atoms with Crippen LogP contribution in [0.4, 0.5) is 0 Å². The largest absolute Gasteiger partial charge is 0.352 e. The predicted octanol–water partition coefficient (Wildman–Crippen LogP) is 0.848. The first kappa shape index (κ1) is 16.9. The van der Waals surface area contributed by atoms with Crippen molar-refractivity contribution in [3.05, 3.63) is 5.82 Å². The number of carbonyl (C=O) groups is 2. The van der Waals surface area contributed by atoms with Gasteiger partial charge in [0.2, 0.25) is 11.8 Å². The Hall–Kier alpha value is -1.99. The molecule has 1 aromatic heterocycles. The summed E-state index contributed by atoms with van der Waals surface area (Å²) < 4.78 is 1.67. The van der Waals surface area contributed by atoms with Gasteiger partial charge >= 0.3 is 0 Å². The van der Waals surface area contributed by atoms with Crippen LogP contribution in [-0.4, -0.2) is 56.1 Å². The molecule has 1 N–H and O–H groups in total. The lowest BCUT2D eigenvalue weighted by molar-refractivity contribution is -0.134. The number of hydrogen-bond acceptors (Lipinski definition) is 5. The summed E-state index contributed by atoms with van der Waals surface area (Å²) in [5.41, 5.74) is 0. The van der Waals surface area contributed by atoms with E-state index in [-0.39, 0.29) is 24.4 Å². The van der Waals surface area contributed by atoms with Crippen LogP contribution in [0.1, 0.15) is 63.6 Å². The summed E-state index contributed by atoms with van der Waals surface area (Å²) in [6, 6.07) is 0.0480. The quantitative estimate of drug-likeness (QED) is 0.881. The van der Waals surface area contributed by atoms with E-state index < -0.39 is 0 Å². The van der Waals surface area contributed by atoms with E-state index in [1.165, 1.54) is 26.2 Å². The molecule has 2 heterocycles. The first-order chi connectivity index (χ1) is 11.6. The first-order valence-electron chi connectivity index (χ1n) is 8.94. The van der Waals surface area contributed by atoms with Crippen molar-refractivity contribution in [2.24, 2.45) is 0 Å². The first-order valence-corrected chi connectivity index (χ1v) is 8.94. The topological polar surface area (TPSA) is 93.0 Å². The van der Waals surface area contributed by atoms with Gasteiger partial charge < -0.3 is 10.2 Å². The number of tetrazole rings is 1. The summed E-state index contributed by atoms with van der Waals surface area (Å²) in [6.07, 6.45) is 7.70. The summed E-state index contributed by atoms with van der Waals surface area (Å²) in [6.45, 7) is 3.00. The number of piperidine rings is 1. The minimum absolute atomic E-state index is 0.0226. The van der Waals surface area contributed by atoms with Crippen LogP contribution < -0.4 is 5.32 Å². The van der Waals surface area contributed by atoms with Gasteiger partial charge in [0.15, 0.2) is 5.82 Å². The van der Waals surface area contributed by atoms with Gasteiger partial charge in [-0.3, -0.25) is 9.59 Å². The number of hydrogen-bond donors (Lipinski definition) is 1. The lowest BCUT2D eigenvalue weighted by atomic mass is 9.89. The number of amides is 2. The van der Waals surface area contributed by atoms with Gasteiger partial charge in [-0.2, -0.15) is 0 Å². The Morgan fingerprint density at radius 3 is 2.71 bits per heavy atom. The van der Waals surface area contributed by atoms with Gasteiger partial charge in [0.1, 0.15) is 6.54 Å². The van der Waals surface area contributed by atoms with Crippen LogP contribution in [0.25, 0.3) is 0 Å². The highest BCUT2D eigenvalue weighted by atomic mass is 16.2. The average Bonchev–Trinajstić information content (AvgIpc) is 3.03. The molecule has 0 radical (unpaired) electrons. The third kappa shape index (κ3) is 4.10. The summed E-state index contributed by atoms with van der Waals surface area (Å²) in [5.74, 6) is 1.19. The van der Waals surface area contributed by atoms with E-state index in [9.17, 15) is 9.59 Å². The van der Waals surface area contributed by atoms with Crippen molar-refractivity contribution in [2.45, 2.75) is 70.4 Å². The summed E-state index contributed by atoms with van der Waals surface area (Å²) in [4.78, 5) is 25.7. The molecular formula is C16H26N6O2. The third-order valence-electron chi connectivity index (χ3n) is 5.00. The van der Waals surface area contributed by atoms with Crippen molar-refractivity contribution < 1.29 is 9.59 Å². The molecule has 1 atom stereocenters. The van der Waals surface area contributed by atoms with Crippen molar-refractivity contribution in [3.8, 4) is 0 Å². The van der Waals surface area contributed by atoms with Crippen LogP contribution in [0.5, 0.6) is 0 Å². The Kier molecular flexibility index (Phi) is 5.42. The zero-order valence-electron chi connectivity index (χ0n) is 14.3. The van der Waals surface area contributed by atoms with Gasteiger partial charge in [-0.1, -0.05) is 19.3 Å². The zero-order valence-corrected chi connectivity index (χ0v) is 14.3. The maximum Gasteiger partial charge on any atom is 0.244 e. The monoisotopic (exact) mass is 334 g/mol. The normalized spacial score (nSPS) is 22.4. The predicted molar refractivity (Wildman–Crippen MR) is 87.1 cm³/mol. The Bertz CT molecular complexity index is 581. The zero-order chi connectivity index (χ0) is 16.9. The molecular weight excluding hydrogens is 308 g/mol. The van der Waals surface area contributed by atoms with Crippen LogP contribution in [0.15, 0.2) is 0 Å². The second-order valence-electron chi connectivity index (χ2n) is 6.91. The number of rotatable bonds is 4. The molecule has 2 fully saturated rings. The fourth-order valence-corrected chi connectivity index (χ4v) is 3.81. The number of likely N-dealkylation sites (tertiary alicyclic amines) is 1. The van der Waals surface area contributed by atoms with Crippen LogP contribution in [0.3, 0.4) is 0 Å². The fraction of sp³-hybridized carbons (Fsp3) is 0.812. The van der Waals surface area contributed by atoms with Gasteiger partial charge in [0.25, 0.3) is 0 Å². The van der Waals surface area contributed by atoms with Crippen molar-refractivity contribution in [3.63, 3.8) is 0 Å². The highest BCUT2D eigenvalue weighted by Crippen LogP contribution is 2.30. The molecule has 2 aliphatic rings. The smallest absolute Gasteiger partial charge is 0.244 e. The fourth-order valence-electron chi connectivity index (χ4n) is 3.81. The molecule has 1 aliphatic heterocycles. The second-order valence-corrected chi connectivity index (χ2v) is 6.91. The second kappa shape index (κ2) is 7.72. The molecule has 2 amide bonds. The van der Waals surface area contributed by atoms with Gasteiger partial charge in [-0.05, 0) is 36.1 Å². The maximum absolute atomic E-state index is 12.6. The van der Waals surface area contributed by atoms with E-state index in [4.69, 9.17) is 0 Å². The standard InChI is InChI=1S/C16H26N6O2/c1-12(23)17-14-8-5-9-21(10-14)15(24)11-22-16(18-19-20-22)13-6-3-2-4-7-13/h13-14H,2-11H2,1H3,(H,17,23)/t14-/m1/s1. The minimum atomic E-state index is -0.0469. The van der Waals surface area contributed by atoms with Crippen molar-refractivity contribution in [1.29, 1.82) is 0 Å². The van der Waals surface area contributed by atoms with E-state index in [1.54, 1.807) is 4.68 Å². The molecule has 1 aliphatic carbocycles. The number of nitrogens with zero attached hydrogens (tertiary/aromatic N) is 5. The Labute approximate surface area is 142 Å². The Morgan fingerprint density at radius 1 is 1.17 bits per heavy atom. The molecule has 24 heavy (non-hydrogen) atoms. The molecule has 132 valence electrons. The lowest BCUT2D eigenvalue weighted by Gasteiger charge is -2.33. The third-order valence-corrected chi connectivity index (χ3v) is 5.00. The molecule has 0 aromatic carbocycles. The minimum Gasteiger partial charge on any atom is -0.352 e. The van der Waals surface area contributed by atoms with Crippen molar-refractivity contribution >= 4 is 11.8 Å². The molecule has 0 bridgehead atoms. The molecule has 8 heteroatoms. The van der Waals surface area contributed by atoms with Crippen LogP contribution in [0.2, 0.25) is 0 Å². The van der Waals surface area contributed by atoms with E-state index in [2.05, 4.69) is 20.8 Å². The van der Waals surface area contributed by atoms with Crippen molar-refractivity contribution in [2.75, 3.05) is 13.1 Å². The van der Waals surface area contributed by atoms with Gasteiger partial charge in [0, 0.05) is 32.0 Å². The Balaban J connectivity index is 1.60. The van der Waals surface area contributed by atoms with E-state index in [0.717, 1.165) is 38.1 Å². The highest BCUT2D eigenvalue weighted by Gasteiger charge is 2.27. The molecule has 1 saturated carbocycles. The van der Waals surface area contributed by atoms with Crippen LogP contribution >= 0.6 is 0 Å². The van der Waals surface area contributed by atoms with Crippen LogP contribution in [-0.2, 0) is 16.1 Å². The molecule has 0 unspecified atom stereocenters. The highest BCUT2D eigenvalue weighted by molar-refractivity contribution is 5.76. The Morgan fingerprint density at radius 2 is 1.96 bits per heavy atom. The molecule has 8 nitrogen and oxygen atoms in total. The SMILES string of the molecule is CC(=O)N[C@@H]1CCCN(C(=O)Cn2nnnc2C2CCCCC2)C1. The summed E-state index contributed by atoms with van der Waals surface area (Å²) in [7, 11) is 0. The summed E-state index contributed by atoms with van der Waals surface area (Å²) in [5, 5.41) is 14.9. The molecule has 1 aromatic rings. The lowest BCUT2D eigenvalue weighted by Crippen LogP contribution is -2.50. The number of carbonyl (C=O) groups excluding carboxylic acids is 2. The molecule has 3 rings (SSSR count). The van der Waals surface area contributed by atoms with Crippen LogP contribution in [0, 0.1) is 0 Å². The molecule has 1 saturated heterocycles. The number of aromatic nitrogens is 4. The van der Waals surface area contributed by atoms with Gasteiger partial charge in [-0.15, -0.1) is 5.10 Å². The number of nitrogens with one attached hydrogen (secondary N) is 1. The maximum atomic E-state index is 12.6. The van der Waals surface area contributed by atoms with Gasteiger partial charge in [0.05, 0.1) is 0 Å². The summed E-state index contributed by atoms with van der Waals surface area (Å²) >= 11 is 0. The average molecular weight is 334 g/mol. The van der Waals surface area contributed by atoms with E-state index in [0.29, 0.717) is 12.5 Å². The van der Waals surface area contributed by atoms with Crippen molar-refractivity contribution in [1.82, 2.24) is 30.4 Å². The van der Waals surface area contributed by atoms with E-state index in [1.807, 2.05) is 4.90 Å². The molecule has 0 spiro atoms. The van der Waals surface area contributed by atoms with Gasteiger partial charge in [-0.25, -0.2) is 4.68 Å². The van der Waals surface area contributed by atoms with E-state index >= 15 is 0 Å².